The van der Waals surface area contributed by atoms with E-state index in [2.05, 4.69) is 17.3 Å². The molecular weight excluding hydrogens is 290 g/mol. The predicted octanol–water partition coefficient (Wildman–Crippen LogP) is 2.80. The van der Waals surface area contributed by atoms with Crippen LogP contribution in [0.15, 0.2) is 30.5 Å². The molecule has 0 fully saturated rings. The molecule has 5 heteroatoms. The number of nitrogens with one attached hydrogen (secondary N) is 1. The quantitative estimate of drug-likeness (QED) is 0.861. The first kappa shape index (κ1) is 17.2. The van der Waals surface area contributed by atoms with Crippen molar-refractivity contribution in [3.8, 4) is 0 Å². The smallest absolute Gasteiger partial charge is 0.255 e. The summed E-state index contributed by atoms with van der Waals surface area (Å²) in [5, 5.41) is 16.8. The summed E-state index contributed by atoms with van der Waals surface area (Å²) in [7, 11) is 0. The lowest BCUT2D eigenvalue weighted by molar-refractivity contribution is 0.0915. The molecule has 1 aromatic heterocycles. The Balaban J connectivity index is 2.16. The van der Waals surface area contributed by atoms with Gasteiger partial charge in [-0.15, -0.1) is 0 Å². The second-order valence-electron chi connectivity index (χ2n) is 5.99. The number of aliphatic hydroxyl groups is 1. The number of carbonyl (C=O) groups excluding carboxylic acids is 1. The normalized spacial score (nSPS) is 12.4. The van der Waals surface area contributed by atoms with Crippen LogP contribution in [0.4, 0.5) is 0 Å². The predicted molar refractivity (Wildman–Crippen MR) is 90.5 cm³/mol. The van der Waals surface area contributed by atoms with Gasteiger partial charge in [0.25, 0.3) is 5.91 Å². The maximum absolute atomic E-state index is 12.5. The zero-order valence-corrected chi connectivity index (χ0v) is 14.2. The highest BCUT2D eigenvalue weighted by molar-refractivity contribution is 5.95. The monoisotopic (exact) mass is 315 g/mol. The van der Waals surface area contributed by atoms with Gasteiger partial charge in [-0.05, 0) is 38.3 Å². The lowest BCUT2D eigenvalue weighted by Crippen LogP contribution is -2.31. The second kappa shape index (κ2) is 7.42. The first-order valence-corrected chi connectivity index (χ1v) is 8.02. The molecule has 0 spiro atoms. The molecule has 2 N–H and O–H groups in total. The topological polar surface area (TPSA) is 67.2 Å². The summed E-state index contributed by atoms with van der Waals surface area (Å²) in [6, 6.07) is 7.72. The fourth-order valence-corrected chi connectivity index (χ4v) is 2.62. The highest BCUT2D eigenvalue weighted by atomic mass is 16.3. The van der Waals surface area contributed by atoms with Crippen molar-refractivity contribution in [3.63, 3.8) is 0 Å². The SMILES string of the molecule is CCc1ccc(C(CO)NC(=O)c2cnn(C(C)C)c2C)cc1. The molecule has 1 atom stereocenters. The summed E-state index contributed by atoms with van der Waals surface area (Å²) < 4.78 is 1.82. The van der Waals surface area contributed by atoms with E-state index < -0.39 is 6.04 Å². The van der Waals surface area contributed by atoms with Gasteiger partial charge in [0, 0.05) is 11.7 Å². The molecular formula is C18H25N3O2. The second-order valence-corrected chi connectivity index (χ2v) is 5.99. The maximum Gasteiger partial charge on any atom is 0.255 e. The van der Waals surface area contributed by atoms with Gasteiger partial charge in [-0.2, -0.15) is 5.10 Å². The van der Waals surface area contributed by atoms with Gasteiger partial charge in [0.15, 0.2) is 0 Å². The molecule has 2 rings (SSSR count). The summed E-state index contributed by atoms with van der Waals surface area (Å²) in [6.45, 7) is 7.87. The third kappa shape index (κ3) is 3.79. The summed E-state index contributed by atoms with van der Waals surface area (Å²) in [6.07, 6.45) is 2.54. The number of aromatic nitrogens is 2. The molecule has 0 aliphatic rings. The average Bonchev–Trinajstić information content (AvgIpc) is 2.94. The Morgan fingerprint density at radius 2 is 1.96 bits per heavy atom. The number of hydrogen-bond acceptors (Lipinski definition) is 3. The van der Waals surface area contributed by atoms with Gasteiger partial charge in [0.2, 0.25) is 0 Å². The van der Waals surface area contributed by atoms with E-state index in [1.807, 2.05) is 49.7 Å². The lowest BCUT2D eigenvalue weighted by Gasteiger charge is -2.17. The summed E-state index contributed by atoms with van der Waals surface area (Å²) in [5.74, 6) is -0.215. The molecule has 1 heterocycles. The van der Waals surface area contributed by atoms with E-state index in [1.54, 1.807) is 6.20 Å². The number of aliphatic hydroxyl groups excluding tert-OH is 1. The molecule has 1 aromatic carbocycles. The van der Waals surface area contributed by atoms with Crippen LogP contribution in [0.5, 0.6) is 0 Å². The van der Waals surface area contributed by atoms with Crippen molar-refractivity contribution in [1.82, 2.24) is 15.1 Å². The number of aryl methyl sites for hydroxylation is 1. The van der Waals surface area contributed by atoms with Crippen LogP contribution < -0.4 is 5.32 Å². The van der Waals surface area contributed by atoms with Gasteiger partial charge in [-0.1, -0.05) is 31.2 Å². The van der Waals surface area contributed by atoms with Crippen molar-refractivity contribution < 1.29 is 9.90 Å². The molecule has 0 aliphatic heterocycles. The largest absolute Gasteiger partial charge is 0.394 e. The van der Waals surface area contributed by atoms with Crippen LogP contribution in [0, 0.1) is 6.92 Å². The van der Waals surface area contributed by atoms with E-state index in [0.29, 0.717) is 5.56 Å². The zero-order valence-electron chi connectivity index (χ0n) is 14.2. The van der Waals surface area contributed by atoms with Crippen molar-refractivity contribution >= 4 is 5.91 Å². The van der Waals surface area contributed by atoms with Gasteiger partial charge < -0.3 is 10.4 Å². The Morgan fingerprint density at radius 3 is 2.43 bits per heavy atom. The Labute approximate surface area is 137 Å². The van der Waals surface area contributed by atoms with Crippen molar-refractivity contribution in [2.24, 2.45) is 0 Å². The molecule has 0 radical (unpaired) electrons. The molecule has 1 amide bonds. The molecule has 5 nitrogen and oxygen atoms in total. The van der Waals surface area contributed by atoms with Crippen molar-refractivity contribution in [1.29, 1.82) is 0 Å². The highest BCUT2D eigenvalue weighted by Gasteiger charge is 2.19. The van der Waals surface area contributed by atoms with Crippen LogP contribution in [0.3, 0.4) is 0 Å². The minimum atomic E-state index is -0.421. The van der Waals surface area contributed by atoms with Crippen LogP contribution in [0.25, 0.3) is 0 Å². The lowest BCUT2D eigenvalue weighted by atomic mass is 10.0. The number of nitrogens with zero attached hydrogens (tertiary/aromatic N) is 2. The molecule has 1 unspecified atom stereocenters. The van der Waals surface area contributed by atoms with Crippen molar-refractivity contribution in [3.05, 3.63) is 52.8 Å². The van der Waals surface area contributed by atoms with Crippen molar-refractivity contribution in [2.75, 3.05) is 6.61 Å². The molecule has 2 aromatic rings. The Bertz CT molecular complexity index is 659. The van der Waals surface area contributed by atoms with E-state index in [0.717, 1.165) is 17.7 Å². The molecule has 124 valence electrons. The number of rotatable bonds is 6. The van der Waals surface area contributed by atoms with Crippen molar-refractivity contribution in [2.45, 2.75) is 46.2 Å². The van der Waals surface area contributed by atoms with Crippen LogP contribution in [0.1, 0.15) is 60.0 Å². The molecule has 0 aliphatic carbocycles. The van der Waals surface area contributed by atoms with E-state index >= 15 is 0 Å². The number of hydrogen-bond donors (Lipinski definition) is 2. The first-order valence-electron chi connectivity index (χ1n) is 8.02. The summed E-state index contributed by atoms with van der Waals surface area (Å²) in [4.78, 5) is 12.5. The van der Waals surface area contributed by atoms with Crippen LogP contribution in [0.2, 0.25) is 0 Å². The van der Waals surface area contributed by atoms with Crippen LogP contribution >= 0.6 is 0 Å². The molecule has 0 bridgehead atoms. The number of benzene rings is 1. The number of amides is 1. The molecule has 23 heavy (non-hydrogen) atoms. The number of carbonyl (C=O) groups is 1. The van der Waals surface area contributed by atoms with Gasteiger partial charge >= 0.3 is 0 Å². The van der Waals surface area contributed by atoms with E-state index in [9.17, 15) is 9.90 Å². The van der Waals surface area contributed by atoms with Crippen LogP contribution in [-0.4, -0.2) is 27.4 Å². The van der Waals surface area contributed by atoms with E-state index in [4.69, 9.17) is 0 Å². The average molecular weight is 315 g/mol. The fraction of sp³-hybridized carbons (Fsp3) is 0.444. The highest BCUT2D eigenvalue weighted by Crippen LogP contribution is 2.17. The molecule has 0 saturated carbocycles. The van der Waals surface area contributed by atoms with E-state index in [-0.39, 0.29) is 18.6 Å². The first-order chi connectivity index (χ1) is 11.0. The van der Waals surface area contributed by atoms with Gasteiger partial charge in [-0.3, -0.25) is 9.48 Å². The zero-order chi connectivity index (χ0) is 17.0. The Morgan fingerprint density at radius 1 is 1.30 bits per heavy atom. The third-order valence-electron chi connectivity index (χ3n) is 4.06. The van der Waals surface area contributed by atoms with Gasteiger partial charge in [-0.25, -0.2) is 0 Å². The van der Waals surface area contributed by atoms with Gasteiger partial charge in [0.1, 0.15) is 0 Å². The Kier molecular flexibility index (Phi) is 5.55. The minimum absolute atomic E-state index is 0.144. The standard InChI is InChI=1S/C18H25N3O2/c1-5-14-6-8-15(9-7-14)17(11-22)20-18(23)16-10-19-21(12(2)3)13(16)4/h6-10,12,17,22H,5,11H2,1-4H3,(H,20,23). The summed E-state index contributed by atoms with van der Waals surface area (Å²) in [5.41, 5.74) is 3.50. The molecule has 0 saturated heterocycles. The fourth-order valence-electron chi connectivity index (χ4n) is 2.62. The van der Waals surface area contributed by atoms with Crippen LogP contribution in [-0.2, 0) is 6.42 Å². The Hall–Kier alpha value is -2.14. The summed E-state index contributed by atoms with van der Waals surface area (Å²) >= 11 is 0. The third-order valence-corrected chi connectivity index (χ3v) is 4.06. The minimum Gasteiger partial charge on any atom is -0.394 e. The maximum atomic E-state index is 12.5. The van der Waals surface area contributed by atoms with Gasteiger partial charge in [0.05, 0.1) is 24.4 Å². The van der Waals surface area contributed by atoms with E-state index in [1.165, 1.54) is 5.56 Å².